The van der Waals surface area contributed by atoms with Crippen molar-refractivity contribution in [1.29, 1.82) is 0 Å². The largest absolute Gasteiger partial charge is 0.497 e. The van der Waals surface area contributed by atoms with Gasteiger partial charge in [0.15, 0.2) is 5.65 Å². The molecule has 0 aliphatic rings. The van der Waals surface area contributed by atoms with Gasteiger partial charge < -0.3 is 20.1 Å². The first kappa shape index (κ1) is 23.7. The Morgan fingerprint density at radius 1 is 0.946 bits per heavy atom. The Labute approximate surface area is 212 Å². The molecule has 5 rings (SSSR count). The number of methoxy groups -OCH3 is 2. The zero-order valence-electron chi connectivity index (χ0n) is 20.5. The number of aromatic amines is 1. The summed E-state index contributed by atoms with van der Waals surface area (Å²) in [5.41, 5.74) is 3.48. The van der Waals surface area contributed by atoms with Crippen molar-refractivity contribution in [2.45, 2.75) is 6.92 Å². The average Bonchev–Trinajstić information content (AvgIpc) is 3.29. The molecule has 0 unspecified atom stereocenters. The Bertz CT molecular complexity index is 1640. The minimum absolute atomic E-state index is 0.174. The predicted octanol–water partition coefficient (Wildman–Crippen LogP) is 5.01. The Morgan fingerprint density at radius 2 is 1.70 bits per heavy atom. The summed E-state index contributed by atoms with van der Waals surface area (Å²) in [5.74, 6) is 0.951. The second-order valence-corrected chi connectivity index (χ2v) is 8.38. The van der Waals surface area contributed by atoms with Crippen LogP contribution in [0.5, 0.6) is 11.5 Å². The van der Waals surface area contributed by atoms with E-state index in [4.69, 9.17) is 14.5 Å². The molecule has 0 bridgehead atoms. The van der Waals surface area contributed by atoms with Crippen molar-refractivity contribution in [2.24, 2.45) is 0 Å². The molecule has 186 valence electrons. The van der Waals surface area contributed by atoms with Gasteiger partial charge in [0.25, 0.3) is 11.5 Å². The summed E-state index contributed by atoms with van der Waals surface area (Å²) in [7, 11) is 3.10. The first-order chi connectivity index (χ1) is 18.0. The standard InChI is InChI=1S/C28H25N5O4/c1-17-9-11-19(12-10-17)29-28(35)25-26(30-21-14-13-20(36-2)15-23(21)37-3)32-33-24(34)16-22(31-27(25)33)18-7-5-4-6-8-18/h4-16,30,32H,1-3H3,(H,29,35). The average molecular weight is 496 g/mol. The molecule has 37 heavy (non-hydrogen) atoms. The molecule has 5 aromatic rings. The highest BCUT2D eigenvalue weighted by Crippen LogP contribution is 2.33. The van der Waals surface area contributed by atoms with E-state index in [0.29, 0.717) is 28.6 Å². The van der Waals surface area contributed by atoms with Crippen molar-refractivity contribution in [3.63, 3.8) is 0 Å². The maximum atomic E-state index is 13.6. The van der Waals surface area contributed by atoms with E-state index in [0.717, 1.165) is 11.1 Å². The van der Waals surface area contributed by atoms with E-state index >= 15 is 0 Å². The second-order valence-electron chi connectivity index (χ2n) is 8.38. The normalized spacial score (nSPS) is 10.8. The molecule has 2 aromatic heterocycles. The second kappa shape index (κ2) is 9.90. The lowest BCUT2D eigenvalue weighted by Gasteiger charge is -2.12. The molecule has 0 saturated heterocycles. The minimum Gasteiger partial charge on any atom is -0.497 e. The molecule has 0 aliphatic heterocycles. The highest BCUT2D eigenvalue weighted by Gasteiger charge is 2.23. The van der Waals surface area contributed by atoms with Crippen LogP contribution < -0.4 is 25.7 Å². The minimum atomic E-state index is -0.435. The molecule has 0 fully saturated rings. The van der Waals surface area contributed by atoms with E-state index in [1.165, 1.54) is 17.7 Å². The quantitative estimate of drug-likeness (QED) is 0.293. The van der Waals surface area contributed by atoms with Gasteiger partial charge in [-0.15, -0.1) is 0 Å². The fraction of sp³-hybridized carbons (Fsp3) is 0.107. The zero-order chi connectivity index (χ0) is 25.9. The number of ether oxygens (including phenoxy) is 2. The van der Waals surface area contributed by atoms with Crippen LogP contribution >= 0.6 is 0 Å². The summed E-state index contributed by atoms with van der Waals surface area (Å²) >= 11 is 0. The Kier molecular flexibility index (Phi) is 6.34. The number of rotatable bonds is 7. The van der Waals surface area contributed by atoms with E-state index in [2.05, 4.69) is 15.7 Å². The van der Waals surface area contributed by atoms with Crippen LogP contribution in [0.4, 0.5) is 17.2 Å². The lowest BCUT2D eigenvalue weighted by Crippen LogP contribution is -2.17. The number of aromatic nitrogens is 3. The fourth-order valence-electron chi connectivity index (χ4n) is 3.97. The summed E-state index contributed by atoms with van der Waals surface area (Å²) in [6.45, 7) is 1.97. The monoisotopic (exact) mass is 495 g/mol. The molecular weight excluding hydrogens is 470 g/mol. The van der Waals surface area contributed by atoms with Crippen LogP contribution in [0, 0.1) is 6.92 Å². The molecule has 9 heteroatoms. The lowest BCUT2D eigenvalue weighted by atomic mass is 10.1. The molecule has 0 saturated carbocycles. The number of benzene rings is 3. The van der Waals surface area contributed by atoms with Crippen molar-refractivity contribution >= 4 is 28.7 Å². The van der Waals surface area contributed by atoms with E-state index < -0.39 is 5.91 Å². The molecule has 3 N–H and O–H groups in total. The molecule has 0 aliphatic carbocycles. The molecule has 0 radical (unpaired) electrons. The van der Waals surface area contributed by atoms with Gasteiger partial charge in [-0.25, -0.2) is 4.98 Å². The smallest absolute Gasteiger partial charge is 0.273 e. The van der Waals surface area contributed by atoms with Crippen molar-refractivity contribution in [3.8, 4) is 22.8 Å². The highest BCUT2D eigenvalue weighted by molar-refractivity contribution is 6.12. The summed E-state index contributed by atoms with van der Waals surface area (Å²) in [6.07, 6.45) is 0. The van der Waals surface area contributed by atoms with Crippen LogP contribution in [0.15, 0.2) is 83.7 Å². The van der Waals surface area contributed by atoms with Gasteiger partial charge in [0.05, 0.1) is 25.6 Å². The first-order valence-electron chi connectivity index (χ1n) is 11.5. The van der Waals surface area contributed by atoms with Crippen molar-refractivity contribution in [1.82, 2.24) is 14.6 Å². The fourth-order valence-corrected chi connectivity index (χ4v) is 3.97. The number of aryl methyl sites for hydroxylation is 1. The van der Waals surface area contributed by atoms with E-state index in [1.54, 1.807) is 25.3 Å². The molecular formula is C28H25N5O4. The summed E-state index contributed by atoms with van der Waals surface area (Å²) in [5, 5.41) is 9.11. The number of amides is 1. The van der Waals surface area contributed by atoms with E-state index in [1.807, 2.05) is 61.5 Å². The molecule has 1 amide bonds. The van der Waals surface area contributed by atoms with Crippen LogP contribution in [0.3, 0.4) is 0 Å². The van der Waals surface area contributed by atoms with Crippen LogP contribution in [0.2, 0.25) is 0 Å². The number of carbonyl (C=O) groups is 1. The van der Waals surface area contributed by atoms with Crippen molar-refractivity contribution in [2.75, 3.05) is 24.9 Å². The number of anilines is 3. The van der Waals surface area contributed by atoms with Gasteiger partial charge in [0, 0.05) is 23.4 Å². The number of carbonyl (C=O) groups excluding carboxylic acids is 1. The third-order valence-corrected chi connectivity index (χ3v) is 5.89. The topological polar surface area (TPSA) is 110 Å². The summed E-state index contributed by atoms with van der Waals surface area (Å²) < 4.78 is 12.0. The van der Waals surface area contributed by atoms with Crippen molar-refractivity contribution < 1.29 is 14.3 Å². The van der Waals surface area contributed by atoms with Gasteiger partial charge in [-0.1, -0.05) is 48.0 Å². The highest BCUT2D eigenvalue weighted by atomic mass is 16.5. The number of nitrogens with one attached hydrogen (secondary N) is 3. The van der Waals surface area contributed by atoms with Gasteiger partial charge in [-0.3, -0.25) is 14.7 Å². The maximum absolute atomic E-state index is 13.6. The molecule has 2 heterocycles. The molecule has 0 spiro atoms. The van der Waals surface area contributed by atoms with Gasteiger partial charge >= 0.3 is 0 Å². The maximum Gasteiger partial charge on any atom is 0.273 e. The third kappa shape index (κ3) is 4.74. The van der Waals surface area contributed by atoms with Gasteiger partial charge in [0.2, 0.25) is 0 Å². The number of nitrogens with zero attached hydrogens (tertiary/aromatic N) is 2. The SMILES string of the molecule is COc1ccc(Nc2[nH]n3c(=O)cc(-c4ccccc4)nc3c2C(=O)Nc2ccc(C)cc2)c(OC)c1. The molecule has 9 nitrogen and oxygen atoms in total. The Morgan fingerprint density at radius 3 is 2.41 bits per heavy atom. The molecule has 0 atom stereocenters. The van der Waals surface area contributed by atoms with Crippen LogP contribution in [-0.4, -0.2) is 34.7 Å². The van der Waals surface area contributed by atoms with Gasteiger partial charge in [-0.2, -0.15) is 4.52 Å². The Balaban J connectivity index is 1.66. The Hall–Kier alpha value is -5.05. The third-order valence-electron chi connectivity index (χ3n) is 5.89. The predicted molar refractivity (Wildman–Crippen MR) is 143 cm³/mol. The van der Waals surface area contributed by atoms with Crippen LogP contribution in [-0.2, 0) is 0 Å². The van der Waals surface area contributed by atoms with E-state index in [9.17, 15) is 9.59 Å². The summed E-state index contributed by atoms with van der Waals surface area (Å²) in [4.78, 5) is 31.4. The number of hydrogen-bond acceptors (Lipinski definition) is 6. The zero-order valence-corrected chi connectivity index (χ0v) is 20.5. The summed E-state index contributed by atoms with van der Waals surface area (Å²) in [6, 6.07) is 23.4. The van der Waals surface area contributed by atoms with Crippen LogP contribution in [0.25, 0.3) is 16.9 Å². The van der Waals surface area contributed by atoms with Crippen molar-refractivity contribution in [3.05, 3.63) is 100 Å². The number of fused-ring (bicyclic) bond motifs is 1. The number of hydrogen-bond donors (Lipinski definition) is 3. The van der Waals surface area contributed by atoms with E-state index in [-0.39, 0.29) is 22.6 Å². The van der Waals surface area contributed by atoms with Gasteiger partial charge in [-0.05, 0) is 31.2 Å². The van der Waals surface area contributed by atoms with Gasteiger partial charge in [0.1, 0.15) is 22.9 Å². The lowest BCUT2D eigenvalue weighted by molar-refractivity contribution is 0.102. The van der Waals surface area contributed by atoms with Crippen LogP contribution in [0.1, 0.15) is 15.9 Å². The number of H-pyrrole nitrogens is 1. The molecule has 3 aromatic carbocycles. The first-order valence-corrected chi connectivity index (χ1v) is 11.5.